The van der Waals surface area contributed by atoms with Crippen molar-refractivity contribution in [1.82, 2.24) is 0 Å². The van der Waals surface area contributed by atoms with Crippen LogP contribution in [0.4, 0.5) is 22.7 Å². The van der Waals surface area contributed by atoms with Crippen molar-refractivity contribution in [2.75, 3.05) is 54.5 Å². The lowest BCUT2D eigenvalue weighted by Gasteiger charge is -2.32. The van der Waals surface area contributed by atoms with Crippen LogP contribution in [0.5, 0.6) is 0 Å². The fraction of sp³-hybridized carbons (Fsp3) is 0.435. The molecule has 2 fully saturated rings. The number of hydrogen-bond acceptors (Lipinski definition) is 6. The van der Waals surface area contributed by atoms with Crippen LogP contribution in [0.15, 0.2) is 42.5 Å². The number of amides is 1. The van der Waals surface area contributed by atoms with E-state index in [1.54, 1.807) is 6.07 Å². The highest BCUT2D eigenvalue weighted by atomic mass is 16.6. The molecule has 0 bridgehead atoms. The number of anilines is 3. The first-order chi connectivity index (χ1) is 15.0. The number of nitrogens with zero attached hydrogens (tertiary/aromatic N) is 3. The number of carbonyl (C=O) groups is 1. The van der Waals surface area contributed by atoms with Crippen LogP contribution in [-0.4, -0.2) is 50.2 Å². The van der Waals surface area contributed by atoms with Crippen LogP contribution in [0.25, 0.3) is 0 Å². The fourth-order valence-electron chi connectivity index (χ4n) is 4.12. The number of nitro benzene ring substituents is 1. The summed E-state index contributed by atoms with van der Waals surface area (Å²) in [6.07, 6.45) is 2.38. The Hall–Kier alpha value is -3.13. The molecule has 0 atom stereocenters. The smallest absolute Gasteiger partial charge is 0.270 e. The van der Waals surface area contributed by atoms with Crippen molar-refractivity contribution in [3.8, 4) is 0 Å². The van der Waals surface area contributed by atoms with E-state index in [0.29, 0.717) is 43.2 Å². The third kappa shape index (κ3) is 4.96. The Morgan fingerprint density at radius 3 is 2.35 bits per heavy atom. The van der Waals surface area contributed by atoms with Gasteiger partial charge in [0.15, 0.2) is 0 Å². The van der Waals surface area contributed by atoms with Crippen molar-refractivity contribution < 1.29 is 14.5 Å². The lowest BCUT2D eigenvalue weighted by molar-refractivity contribution is -0.384. The monoisotopic (exact) mass is 424 g/mol. The number of rotatable bonds is 5. The molecule has 2 aromatic carbocycles. The quantitative estimate of drug-likeness (QED) is 0.578. The van der Waals surface area contributed by atoms with E-state index in [9.17, 15) is 14.9 Å². The molecule has 164 valence electrons. The summed E-state index contributed by atoms with van der Waals surface area (Å²) in [5.41, 5.74) is 2.69. The van der Waals surface area contributed by atoms with Crippen molar-refractivity contribution >= 4 is 28.7 Å². The van der Waals surface area contributed by atoms with E-state index < -0.39 is 4.92 Å². The highest BCUT2D eigenvalue weighted by Gasteiger charge is 2.22. The number of carbonyl (C=O) groups excluding carboxylic acids is 1. The van der Waals surface area contributed by atoms with E-state index in [0.717, 1.165) is 24.7 Å². The van der Waals surface area contributed by atoms with Crippen LogP contribution in [0.1, 0.15) is 30.1 Å². The molecule has 1 amide bonds. The summed E-state index contributed by atoms with van der Waals surface area (Å²) in [7, 11) is 0. The van der Waals surface area contributed by atoms with Gasteiger partial charge in [0.1, 0.15) is 0 Å². The first-order valence-electron chi connectivity index (χ1n) is 10.8. The number of benzene rings is 2. The lowest BCUT2D eigenvalue weighted by Crippen LogP contribution is -2.37. The van der Waals surface area contributed by atoms with Gasteiger partial charge >= 0.3 is 0 Å². The minimum absolute atomic E-state index is 0.100. The number of ether oxygens (including phenoxy) is 1. The van der Waals surface area contributed by atoms with Crippen molar-refractivity contribution in [1.29, 1.82) is 0 Å². The zero-order valence-corrected chi connectivity index (χ0v) is 17.8. The van der Waals surface area contributed by atoms with E-state index in [4.69, 9.17) is 4.74 Å². The Balaban J connectivity index is 1.52. The van der Waals surface area contributed by atoms with Gasteiger partial charge in [0.2, 0.25) is 0 Å². The van der Waals surface area contributed by atoms with Gasteiger partial charge in [-0.3, -0.25) is 14.9 Å². The molecule has 31 heavy (non-hydrogen) atoms. The van der Waals surface area contributed by atoms with Gasteiger partial charge < -0.3 is 19.9 Å². The largest absolute Gasteiger partial charge is 0.378 e. The van der Waals surface area contributed by atoms with Gasteiger partial charge in [0.25, 0.3) is 11.6 Å². The van der Waals surface area contributed by atoms with Crippen LogP contribution in [0.2, 0.25) is 0 Å². The molecule has 0 unspecified atom stereocenters. The summed E-state index contributed by atoms with van der Waals surface area (Å²) in [4.78, 5) is 28.3. The maximum atomic E-state index is 13.1. The normalized spacial score (nSPS) is 17.5. The molecule has 0 aliphatic carbocycles. The molecule has 0 aromatic heterocycles. The molecule has 2 aromatic rings. The van der Waals surface area contributed by atoms with Crippen LogP contribution in [0.3, 0.4) is 0 Å². The molecule has 2 heterocycles. The van der Waals surface area contributed by atoms with Gasteiger partial charge in [-0.1, -0.05) is 6.92 Å². The Morgan fingerprint density at radius 1 is 1.03 bits per heavy atom. The average Bonchev–Trinajstić information content (AvgIpc) is 2.80. The van der Waals surface area contributed by atoms with Crippen molar-refractivity contribution in [2.45, 2.75) is 19.8 Å². The van der Waals surface area contributed by atoms with E-state index in [1.165, 1.54) is 25.0 Å². The zero-order valence-electron chi connectivity index (χ0n) is 17.8. The van der Waals surface area contributed by atoms with Gasteiger partial charge in [-0.15, -0.1) is 0 Å². The molecule has 0 radical (unpaired) electrons. The topological polar surface area (TPSA) is 88.0 Å². The predicted octanol–water partition coefficient (Wildman–Crippen LogP) is 3.92. The molecule has 0 spiro atoms. The van der Waals surface area contributed by atoms with Gasteiger partial charge in [0, 0.05) is 49.7 Å². The lowest BCUT2D eigenvalue weighted by atomic mass is 9.99. The van der Waals surface area contributed by atoms with Gasteiger partial charge in [-0.05, 0) is 49.1 Å². The van der Waals surface area contributed by atoms with Crippen LogP contribution >= 0.6 is 0 Å². The molecule has 2 saturated heterocycles. The average molecular weight is 425 g/mol. The summed E-state index contributed by atoms with van der Waals surface area (Å²) in [6, 6.07) is 12.2. The van der Waals surface area contributed by atoms with Crippen molar-refractivity contribution in [3.63, 3.8) is 0 Å². The molecular formula is C23H28N4O4. The highest BCUT2D eigenvalue weighted by molar-refractivity contribution is 6.08. The highest BCUT2D eigenvalue weighted by Crippen LogP contribution is 2.28. The minimum atomic E-state index is -0.478. The third-order valence-electron chi connectivity index (χ3n) is 6.06. The first-order valence-corrected chi connectivity index (χ1v) is 10.8. The summed E-state index contributed by atoms with van der Waals surface area (Å²) >= 11 is 0. The van der Waals surface area contributed by atoms with Gasteiger partial charge in [0.05, 0.1) is 29.4 Å². The number of non-ortho nitro benzene ring substituents is 1. The Kier molecular flexibility index (Phi) is 6.36. The van der Waals surface area contributed by atoms with E-state index >= 15 is 0 Å². The molecule has 1 N–H and O–H groups in total. The number of nitrogens with one attached hydrogen (secondary N) is 1. The van der Waals surface area contributed by atoms with E-state index in [1.807, 2.05) is 29.2 Å². The summed E-state index contributed by atoms with van der Waals surface area (Å²) < 4.78 is 5.39. The van der Waals surface area contributed by atoms with Gasteiger partial charge in [-0.2, -0.15) is 0 Å². The van der Waals surface area contributed by atoms with Crippen LogP contribution < -0.4 is 15.1 Å². The summed E-state index contributed by atoms with van der Waals surface area (Å²) in [5, 5.41) is 14.2. The van der Waals surface area contributed by atoms with Gasteiger partial charge in [-0.25, -0.2) is 0 Å². The first kappa shape index (κ1) is 21.1. The Bertz CT molecular complexity index is 933. The molecule has 0 saturated carbocycles. The maximum absolute atomic E-state index is 13.1. The second-order valence-electron chi connectivity index (χ2n) is 8.23. The fourth-order valence-corrected chi connectivity index (χ4v) is 4.12. The van der Waals surface area contributed by atoms with Crippen molar-refractivity contribution in [2.24, 2.45) is 5.92 Å². The van der Waals surface area contributed by atoms with Crippen molar-refractivity contribution in [3.05, 3.63) is 58.1 Å². The van der Waals surface area contributed by atoms with E-state index in [2.05, 4.69) is 17.1 Å². The van der Waals surface area contributed by atoms with Crippen LogP contribution in [0, 0.1) is 16.0 Å². The standard InChI is InChI=1S/C23H28N4O4/c1-17-8-10-25(11-9-17)19-4-2-18(3-5-19)24-23(28)21-16-20(27(29)30)6-7-22(21)26-12-14-31-15-13-26/h2-7,16-17H,8-15H2,1H3,(H,24,28). The minimum Gasteiger partial charge on any atom is -0.378 e. The second-order valence-corrected chi connectivity index (χ2v) is 8.23. The number of nitro groups is 1. The third-order valence-corrected chi connectivity index (χ3v) is 6.06. The molecular weight excluding hydrogens is 396 g/mol. The predicted molar refractivity (Wildman–Crippen MR) is 121 cm³/mol. The second kappa shape index (κ2) is 9.34. The molecule has 8 heteroatoms. The number of piperidine rings is 1. The SMILES string of the molecule is CC1CCN(c2ccc(NC(=O)c3cc([N+](=O)[O-])ccc3N3CCOCC3)cc2)CC1. The Morgan fingerprint density at radius 2 is 1.71 bits per heavy atom. The van der Waals surface area contributed by atoms with E-state index in [-0.39, 0.29) is 11.6 Å². The number of morpholine rings is 1. The maximum Gasteiger partial charge on any atom is 0.270 e. The Labute approximate surface area is 181 Å². The molecule has 8 nitrogen and oxygen atoms in total. The van der Waals surface area contributed by atoms with Crippen LogP contribution in [-0.2, 0) is 4.74 Å². The summed E-state index contributed by atoms with van der Waals surface area (Å²) in [6.45, 7) is 6.79. The molecule has 2 aliphatic heterocycles. The number of hydrogen-bond donors (Lipinski definition) is 1. The molecule has 2 aliphatic rings. The molecule has 4 rings (SSSR count). The zero-order chi connectivity index (χ0) is 21.8. The summed E-state index contributed by atoms with van der Waals surface area (Å²) in [5.74, 6) is 0.412.